The highest BCUT2D eigenvalue weighted by Crippen LogP contribution is 2.27. The minimum atomic E-state index is -3.50. The van der Waals surface area contributed by atoms with Crippen LogP contribution in [0, 0.1) is 11.8 Å². The van der Waals surface area contributed by atoms with Crippen LogP contribution in [0.2, 0.25) is 0 Å². The van der Waals surface area contributed by atoms with Gasteiger partial charge in [0.15, 0.2) is 9.84 Å². The van der Waals surface area contributed by atoms with E-state index in [4.69, 9.17) is 5.11 Å². The van der Waals surface area contributed by atoms with Gasteiger partial charge < -0.3 is 10.0 Å². The number of carboxylic acids is 1. The van der Waals surface area contributed by atoms with Gasteiger partial charge in [0.05, 0.1) is 5.75 Å². The first-order chi connectivity index (χ1) is 11.4. The van der Waals surface area contributed by atoms with Crippen LogP contribution in [0.3, 0.4) is 0 Å². The predicted molar refractivity (Wildman–Crippen MR) is 95.9 cm³/mol. The van der Waals surface area contributed by atoms with E-state index >= 15 is 0 Å². The quantitative estimate of drug-likeness (QED) is 0.685. The molecule has 0 aromatic carbocycles. The maximum absolute atomic E-state index is 11.9. The van der Waals surface area contributed by atoms with Gasteiger partial charge in [-0.25, -0.2) is 8.42 Å². The van der Waals surface area contributed by atoms with Crippen molar-refractivity contribution in [3.8, 4) is 0 Å². The normalized spacial score (nSPS) is 21.2. The Balaban J connectivity index is 1.88. The summed E-state index contributed by atoms with van der Waals surface area (Å²) in [6.07, 6.45) is 12.8. The third-order valence-corrected chi connectivity index (χ3v) is 7.04. The number of sulfone groups is 1. The van der Waals surface area contributed by atoms with Crippen LogP contribution in [-0.2, 0) is 14.6 Å². The SMILES string of the molecule is O=C(O)CS(=O)(=O)CCN(CC1CCCCC1)CC1CCCCC1. The van der Waals surface area contributed by atoms with Crippen LogP contribution in [0.1, 0.15) is 64.2 Å². The minimum Gasteiger partial charge on any atom is -0.480 e. The summed E-state index contributed by atoms with van der Waals surface area (Å²) in [6, 6.07) is 0. The van der Waals surface area contributed by atoms with E-state index in [0.717, 1.165) is 13.1 Å². The van der Waals surface area contributed by atoms with Crippen molar-refractivity contribution in [2.75, 3.05) is 31.1 Å². The molecule has 140 valence electrons. The molecular weight excluding hydrogens is 326 g/mol. The molecular formula is C18H33NO4S. The molecule has 24 heavy (non-hydrogen) atoms. The van der Waals surface area contributed by atoms with Gasteiger partial charge in [-0.3, -0.25) is 4.79 Å². The number of nitrogens with zero attached hydrogens (tertiary/aromatic N) is 1. The number of carboxylic acid groups (broad SMARTS) is 1. The molecule has 0 radical (unpaired) electrons. The highest BCUT2D eigenvalue weighted by Gasteiger charge is 2.24. The summed E-state index contributed by atoms with van der Waals surface area (Å²) in [7, 11) is -3.50. The molecule has 2 rings (SSSR count). The third-order valence-electron chi connectivity index (χ3n) is 5.54. The van der Waals surface area contributed by atoms with E-state index < -0.39 is 21.6 Å². The summed E-state index contributed by atoms with van der Waals surface area (Å²) in [6.45, 7) is 2.46. The first kappa shape index (κ1) is 19.7. The van der Waals surface area contributed by atoms with Crippen molar-refractivity contribution >= 4 is 15.8 Å². The van der Waals surface area contributed by atoms with E-state index in [0.29, 0.717) is 18.4 Å². The smallest absolute Gasteiger partial charge is 0.318 e. The molecule has 0 atom stereocenters. The second kappa shape index (κ2) is 9.76. The molecule has 0 aliphatic heterocycles. The van der Waals surface area contributed by atoms with Crippen LogP contribution in [-0.4, -0.2) is 55.5 Å². The number of hydrogen-bond donors (Lipinski definition) is 1. The summed E-state index contributed by atoms with van der Waals surface area (Å²) in [5.74, 6) is -0.651. The fraction of sp³-hybridized carbons (Fsp3) is 0.944. The van der Waals surface area contributed by atoms with Gasteiger partial charge in [0, 0.05) is 19.6 Å². The molecule has 6 heteroatoms. The number of hydrogen-bond acceptors (Lipinski definition) is 4. The summed E-state index contributed by atoms with van der Waals surface area (Å²) in [4.78, 5) is 13.0. The van der Waals surface area contributed by atoms with E-state index in [2.05, 4.69) is 4.90 Å². The number of aliphatic carboxylic acids is 1. The lowest BCUT2D eigenvalue weighted by atomic mass is 9.87. The Kier molecular flexibility index (Phi) is 8.01. The van der Waals surface area contributed by atoms with Gasteiger partial charge in [-0.15, -0.1) is 0 Å². The van der Waals surface area contributed by atoms with Crippen LogP contribution < -0.4 is 0 Å². The summed E-state index contributed by atoms with van der Waals surface area (Å²) in [5, 5.41) is 8.74. The minimum absolute atomic E-state index is 0.0290. The van der Waals surface area contributed by atoms with Crippen LogP contribution in [0.4, 0.5) is 0 Å². The van der Waals surface area contributed by atoms with Gasteiger partial charge in [0.2, 0.25) is 0 Å². The lowest BCUT2D eigenvalue weighted by Gasteiger charge is -2.33. The number of carbonyl (C=O) groups is 1. The summed E-state index contributed by atoms with van der Waals surface area (Å²) in [5.41, 5.74) is 0. The second-order valence-electron chi connectivity index (χ2n) is 7.75. The second-order valence-corrected chi connectivity index (χ2v) is 9.94. The fourth-order valence-electron chi connectivity index (χ4n) is 4.26. The van der Waals surface area contributed by atoms with Crippen molar-refractivity contribution in [1.82, 2.24) is 4.90 Å². The van der Waals surface area contributed by atoms with Gasteiger partial charge in [-0.1, -0.05) is 38.5 Å². The van der Waals surface area contributed by atoms with Crippen LogP contribution in [0.25, 0.3) is 0 Å². The van der Waals surface area contributed by atoms with Crippen LogP contribution >= 0.6 is 0 Å². The van der Waals surface area contributed by atoms with Crippen molar-refractivity contribution in [2.24, 2.45) is 11.8 Å². The molecule has 0 saturated heterocycles. The molecule has 0 aromatic heterocycles. The van der Waals surface area contributed by atoms with Crippen molar-refractivity contribution in [1.29, 1.82) is 0 Å². The maximum Gasteiger partial charge on any atom is 0.318 e. The van der Waals surface area contributed by atoms with Gasteiger partial charge in [-0.2, -0.15) is 0 Å². The highest BCUT2D eigenvalue weighted by atomic mass is 32.2. The molecule has 0 bridgehead atoms. The van der Waals surface area contributed by atoms with E-state index in [1.807, 2.05) is 0 Å². The Morgan fingerprint density at radius 1 is 0.875 bits per heavy atom. The molecule has 2 fully saturated rings. The molecule has 0 heterocycles. The Hall–Kier alpha value is -0.620. The van der Waals surface area contributed by atoms with E-state index in [9.17, 15) is 13.2 Å². The lowest BCUT2D eigenvalue weighted by Crippen LogP contribution is -2.39. The largest absolute Gasteiger partial charge is 0.480 e. The molecule has 5 nitrogen and oxygen atoms in total. The first-order valence-corrected chi connectivity index (χ1v) is 11.4. The van der Waals surface area contributed by atoms with Crippen molar-refractivity contribution < 1.29 is 18.3 Å². The van der Waals surface area contributed by atoms with E-state index in [1.165, 1.54) is 64.2 Å². The topological polar surface area (TPSA) is 74.7 Å². The lowest BCUT2D eigenvalue weighted by molar-refractivity contribution is -0.134. The Morgan fingerprint density at radius 3 is 1.75 bits per heavy atom. The molecule has 0 spiro atoms. The average molecular weight is 360 g/mol. The Bertz CT molecular complexity index is 459. The fourth-order valence-corrected chi connectivity index (χ4v) is 5.31. The average Bonchev–Trinajstić information content (AvgIpc) is 2.53. The zero-order chi connectivity index (χ0) is 17.4. The van der Waals surface area contributed by atoms with Crippen molar-refractivity contribution in [3.63, 3.8) is 0 Å². The Morgan fingerprint density at radius 2 is 1.33 bits per heavy atom. The van der Waals surface area contributed by atoms with Crippen molar-refractivity contribution in [3.05, 3.63) is 0 Å². The van der Waals surface area contributed by atoms with Gasteiger partial charge >= 0.3 is 5.97 Å². The monoisotopic (exact) mass is 359 g/mol. The first-order valence-electron chi connectivity index (χ1n) is 9.59. The van der Waals surface area contributed by atoms with Crippen molar-refractivity contribution in [2.45, 2.75) is 64.2 Å². The zero-order valence-electron chi connectivity index (χ0n) is 14.8. The molecule has 1 N–H and O–H groups in total. The summed E-state index contributed by atoms with van der Waals surface area (Å²) < 4.78 is 23.8. The molecule has 0 unspecified atom stereocenters. The number of rotatable bonds is 9. The molecule has 2 saturated carbocycles. The third kappa shape index (κ3) is 7.51. The molecule has 0 aromatic rings. The highest BCUT2D eigenvalue weighted by molar-refractivity contribution is 7.92. The van der Waals surface area contributed by atoms with Gasteiger partial charge in [-0.05, 0) is 37.5 Å². The Labute approximate surface area is 146 Å². The molecule has 0 amide bonds. The van der Waals surface area contributed by atoms with Crippen LogP contribution in [0.5, 0.6) is 0 Å². The van der Waals surface area contributed by atoms with E-state index in [1.54, 1.807) is 0 Å². The summed E-state index contributed by atoms with van der Waals surface area (Å²) >= 11 is 0. The zero-order valence-corrected chi connectivity index (χ0v) is 15.6. The van der Waals surface area contributed by atoms with Gasteiger partial charge in [0.25, 0.3) is 0 Å². The standard InChI is InChI=1S/C18H33NO4S/c20-18(21)15-24(22,23)12-11-19(13-16-7-3-1-4-8-16)14-17-9-5-2-6-10-17/h16-17H,1-15H2,(H,20,21). The van der Waals surface area contributed by atoms with Gasteiger partial charge in [0.1, 0.15) is 5.75 Å². The molecule has 2 aliphatic carbocycles. The van der Waals surface area contributed by atoms with Crippen LogP contribution in [0.15, 0.2) is 0 Å². The van der Waals surface area contributed by atoms with E-state index in [-0.39, 0.29) is 5.75 Å². The molecule has 2 aliphatic rings. The predicted octanol–water partition coefficient (Wildman–Crippen LogP) is 2.95. The maximum atomic E-state index is 11.9.